The van der Waals surface area contributed by atoms with E-state index in [0.717, 1.165) is 12.0 Å². The van der Waals surface area contributed by atoms with E-state index >= 15 is 0 Å². The van der Waals surface area contributed by atoms with Crippen molar-refractivity contribution in [3.63, 3.8) is 0 Å². The number of esters is 1. The van der Waals surface area contributed by atoms with Gasteiger partial charge >= 0.3 is 5.97 Å². The van der Waals surface area contributed by atoms with E-state index < -0.39 is 5.60 Å². The van der Waals surface area contributed by atoms with Crippen molar-refractivity contribution in [1.82, 2.24) is 9.88 Å². The molecule has 2 aliphatic rings. The number of benzene rings is 1. The number of methoxy groups -OCH3 is 1. The molecule has 1 unspecified atom stereocenters. The summed E-state index contributed by atoms with van der Waals surface area (Å²) in [6.07, 6.45) is 3.06. The minimum atomic E-state index is -0.753. The Labute approximate surface area is 145 Å². The third-order valence-corrected chi connectivity index (χ3v) is 4.86. The fraction of sp³-hybridized carbons (Fsp3) is 0.316. The molecule has 1 atom stereocenters. The van der Waals surface area contributed by atoms with Crippen LogP contribution in [0.25, 0.3) is 0 Å². The molecule has 0 N–H and O–H groups in total. The molecule has 4 rings (SSSR count). The van der Waals surface area contributed by atoms with Gasteiger partial charge in [0.05, 0.1) is 19.2 Å². The van der Waals surface area contributed by atoms with E-state index in [1.165, 1.54) is 7.11 Å². The van der Waals surface area contributed by atoms with Crippen LogP contribution in [0.1, 0.15) is 39.1 Å². The number of rotatable bonds is 2. The summed E-state index contributed by atoms with van der Waals surface area (Å²) in [6.45, 7) is 0.949. The molecule has 128 valence electrons. The van der Waals surface area contributed by atoms with Crippen LogP contribution in [-0.4, -0.2) is 42.0 Å². The Kier molecular flexibility index (Phi) is 3.67. The number of ether oxygens (including phenoxy) is 2. The summed E-state index contributed by atoms with van der Waals surface area (Å²) in [5.74, 6) is -0.177. The van der Waals surface area contributed by atoms with E-state index in [9.17, 15) is 9.59 Å². The van der Waals surface area contributed by atoms with Gasteiger partial charge in [-0.2, -0.15) is 0 Å². The zero-order valence-electron chi connectivity index (χ0n) is 13.9. The number of hydrogen-bond acceptors (Lipinski definition) is 5. The van der Waals surface area contributed by atoms with Crippen LogP contribution in [0.2, 0.25) is 0 Å². The van der Waals surface area contributed by atoms with Gasteiger partial charge in [-0.15, -0.1) is 0 Å². The summed E-state index contributed by atoms with van der Waals surface area (Å²) in [7, 11) is 1.49. The molecule has 1 aromatic heterocycles. The van der Waals surface area contributed by atoms with Gasteiger partial charge in [0.2, 0.25) is 5.88 Å². The van der Waals surface area contributed by atoms with Gasteiger partial charge in [-0.05, 0) is 31.0 Å². The second-order valence-corrected chi connectivity index (χ2v) is 6.32. The van der Waals surface area contributed by atoms with Gasteiger partial charge in [-0.3, -0.25) is 4.79 Å². The Morgan fingerprint density at radius 1 is 1.28 bits per heavy atom. The molecule has 6 nitrogen and oxygen atoms in total. The molecule has 1 amide bonds. The molecule has 3 heterocycles. The van der Waals surface area contributed by atoms with Gasteiger partial charge < -0.3 is 14.4 Å². The summed E-state index contributed by atoms with van der Waals surface area (Å²) >= 11 is 0. The predicted octanol–water partition coefficient (Wildman–Crippen LogP) is 2.39. The molecule has 0 bridgehead atoms. The van der Waals surface area contributed by atoms with Crippen molar-refractivity contribution < 1.29 is 19.1 Å². The monoisotopic (exact) mass is 338 g/mol. The summed E-state index contributed by atoms with van der Waals surface area (Å²) in [6, 6.07) is 10.8. The van der Waals surface area contributed by atoms with Gasteiger partial charge in [0.1, 0.15) is 5.56 Å². The molecular formula is C19H18N2O4. The summed E-state index contributed by atoms with van der Waals surface area (Å²) in [4.78, 5) is 31.0. The second kappa shape index (κ2) is 5.88. The van der Waals surface area contributed by atoms with Crippen LogP contribution in [0, 0.1) is 0 Å². The number of pyridine rings is 1. The van der Waals surface area contributed by atoms with Crippen LogP contribution in [0.15, 0.2) is 42.6 Å². The highest BCUT2D eigenvalue weighted by Gasteiger charge is 2.48. The average molecular weight is 338 g/mol. The maximum Gasteiger partial charge on any atom is 0.339 e. The Morgan fingerprint density at radius 3 is 2.96 bits per heavy atom. The van der Waals surface area contributed by atoms with Crippen molar-refractivity contribution in [2.24, 2.45) is 0 Å². The fourth-order valence-electron chi connectivity index (χ4n) is 3.73. The van der Waals surface area contributed by atoms with E-state index in [2.05, 4.69) is 4.98 Å². The third kappa shape index (κ3) is 2.45. The number of carbonyl (C=O) groups excluding carboxylic acids is 2. The molecule has 2 aromatic rings. The molecule has 25 heavy (non-hydrogen) atoms. The molecular weight excluding hydrogens is 320 g/mol. The molecule has 1 aromatic carbocycles. The van der Waals surface area contributed by atoms with E-state index in [4.69, 9.17) is 9.47 Å². The molecule has 2 aliphatic heterocycles. The van der Waals surface area contributed by atoms with Crippen LogP contribution in [0.3, 0.4) is 0 Å². The second-order valence-electron chi connectivity index (χ2n) is 6.32. The van der Waals surface area contributed by atoms with Crippen LogP contribution in [0.4, 0.5) is 0 Å². The van der Waals surface area contributed by atoms with Crippen molar-refractivity contribution in [1.29, 1.82) is 0 Å². The van der Waals surface area contributed by atoms with Crippen LogP contribution < -0.4 is 4.74 Å². The molecule has 1 saturated heterocycles. The van der Waals surface area contributed by atoms with Crippen molar-refractivity contribution in [2.45, 2.75) is 18.4 Å². The summed E-state index contributed by atoms with van der Waals surface area (Å²) < 4.78 is 11.0. The topological polar surface area (TPSA) is 68.7 Å². The lowest BCUT2D eigenvalue weighted by molar-refractivity contribution is -0.0443. The zero-order valence-corrected chi connectivity index (χ0v) is 13.9. The normalized spacial score (nSPS) is 21.8. The van der Waals surface area contributed by atoms with Gasteiger partial charge in [-0.25, -0.2) is 9.78 Å². The van der Waals surface area contributed by atoms with Gasteiger partial charge in [0, 0.05) is 18.3 Å². The molecule has 6 heteroatoms. The lowest BCUT2D eigenvalue weighted by Crippen LogP contribution is -2.48. The average Bonchev–Trinajstić information content (AvgIpc) is 2.93. The number of aromatic nitrogens is 1. The predicted molar refractivity (Wildman–Crippen MR) is 89.5 cm³/mol. The van der Waals surface area contributed by atoms with Crippen molar-refractivity contribution in [2.75, 3.05) is 20.2 Å². The third-order valence-electron chi connectivity index (χ3n) is 4.86. The van der Waals surface area contributed by atoms with Crippen LogP contribution in [0.5, 0.6) is 5.88 Å². The van der Waals surface area contributed by atoms with Gasteiger partial charge in [0.15, 0.2) is 5.60 Å². The van der Waals surface area contributed by atoms with Crippen LogP contribution in [-0.2, 0) is 10.3 Å². The fourth-order valence-corrected chi connectivity index (χ4v) is 3.73. The van der Waals surface area contributed by atoms with Crippen molar-refractivity contribution in [3.05, 3.63) is 59.3 Å². The Hall–Kier alpha value is -2.89. The van der Waals surface area contributed by atoms with E-state index in [1.807, 2.05) is 18.2 Å². The zero-order chi connectivity index (χ0) is 17.4. The van der Waals surface area contributed by atoms with Crippen molar-refractivity contribution >= 4 is 11.9 Å². The molecule has 0 saturated carbocycles. The highest BCUT2D eigenvalue weighted by molar-refractivity contribution is 5.97. The Balaban J connectivity index is 1.66. The number of fused-ring (bicyclic) bond motifs is 2. The first-order valence-corrected chi connectivity index (χ1v) is 8.26. The maximum atomic E-state index is 13.0. The lowest BCUT2D eigenvalue weighted by Gasteiger charge is -2.39. The molecule has 0 radical (unpaired) electrons. The quantitative estimate of drug-likeness (QED) is 0.787. The smallest absolute Gasteiger partial charge is 0.339 e. The Bertz CT molecular complexity index is 851. The summed E-state index contributed by atoms with van der Waals surface area (Å²) in [5, 5.41) is 0. The first-order chi connectivity index (χ1) is 12.1. The van der Waals surface area contributed by atoms with Gasteiger partial charge in [-0.1, -0.05) is 18.2 Å². The lowest BCUT2D eigenvalue weighted by atomic mass is 9.85. The van der Waals surface area contributed by atoms with Crippen molar-refractivity contribution in [3.8, 4) is 5.88 Å². The number of carbonyl (C=O) groups is 2. The number of amides is 1. The van der Waals surface area contributed by atoms with E-state index in [0.29, 0.717) is 36.5 Å². The first kappa shape index (κ1) is 15.6. The maximum absolute atomic E-state index is 13.0. The number of piperidine rings is 1. The van der Waals surface area contributed by atoms with Crippen LogP contribution >= 0.6 is 0 Å². The summed E-state index contributed by atoms with van der Waals surface area (Å²) in [5.41, 5.74) is 1.13. The van der Waals surface area contributed by atoms with E-state index in [1.54, 1.807) is 29.3 Å². The molecule has 0 aliphatic carbocycles. The van der Waals surface area contributed by atoms with Gasteiger partial charge in [0.25, 0.3) is 5.91 Å². The highest BCUT2D eigenvalue weighted by Crippen LogP contribution is 2.43. The number of nitrogens with zero attached hydrogens (tertiary/aromatic N) is 2. The number of hydrogen-bond donors (Lipinski definition) is 0. The largest absolute Gasteiger partial charge is 0.480 e. The minimum Gasteiger partial charge on any atom is -0.480 e. The number of likely N-dealkylation sites (tertiary alicyclic amines) is 1. The minimum absolute atomic E-state index is 0.163. The molecule has 1 spiro atoms. The molecule has 1 fully saturated rings. The first-order valence-electron chi connectivity index (χ1n) is 8.26. The van der Waals surface area contributed by atoms with E-state index in [-0.39, 0.29) is 11.9 Å². The standard InChI is InChI=1S/C19H18N2O4/c1-24-16-14(7-4-10-20-16)17(22)21-11-5-9-19(12-21)15-8-3-2-6-13(15)18(23)25-19/h2-4,6-8,10H,5,9,11-12H2,1H3. The highest BCUT2D eigenvalue weighted by atomic mass is 16.6. The SMILES string of the molecule is COc1ncccc1C(=O)N1CCCC2(C1)OC(=O)c1ccccc12. The Morgan fingerprint density at radius 2 is 2.12 bits per heavy atom.